The second kappa shape index (κ2) is 7.14. The first-order chi connectivity index (χ1) is 7.70. The van der Waals surface area contributed by atoms with Gasteiger partial charge in [0.25, 0.3) is 0 Å². The van der Waals surface area contributed by atoms with Crippen LogP contribution in [0.15, 0.2) is 23.8 Å². The molecule has 3 heteroatoms. The third-order valence-corrected chi connectivity index (χ3v) is 7.88. The minimum absolute atomic E-state index is 0.103. The van der Waals surface area contributed by atoms with Crippen LogP contribution in [0.25, 0.3) is 0 Å². The molecule has 2 nitrogen and oxygen atoms in total. The van der Waals surface area contributed by atoms with E-state index in [9.17, 15) is 0 Å². The van der Waals surface area contributed by atoms with Gasteiger partial charge in [-0.25, -0.2) is 0 Å². The molecule has 0 saturated carbocycles. The smallest absolute Gasteiger partial charge is 0.191 e. The minimum Gasteiger partial charge on any atom is -0.417 e. The van der Waals surface area contributed by atoms with Crippen LogP contribution in [0.1, 0.15) is 34.1 Å². The van der Waals surface area contributed by atoms with Crippen LogP contribution in [-0.2, 0) is 4.43 Å². The number of allylic oxidation sites excluding steroid dienone is 2. The average Bonchev–Trinajstić information content (AvgIpc) is 2.20. The topological polar surface area (TPSA) is 29.5 Å². The zero-order valence-electron chi connectivity index (χ0n) is 12.2. The maximum atomic E-state index is 8.65. The summed E-state index contributed by atoms with van der Waals surface area (Å²) in [6, 6.07) is 0. The fourth-order valence-corrected chi connectivity index (χ4v) is 2.18. The molecule has 0 heterocycles. The third kappa shape index (κ3) is 6.81. The summed E-state index contributed by atoms with van der Waals surface area (Å²) in [5.41, 5.74) is 1.18. The van der Waals surface area contributed by atoms with Gasteiger partial charge < -0.3 is 9.53 Å². The fourth-order valence-electron chi connectivity index (χ4n) is 1.12. The van der Waals surface area contributed by atoms with Gasteiger partial charge >= 0.3 is 0 Å². The molecule has 0 fully saturated rings. The molecule has 0 atom stereocenters. The van der Waals surface area contributed by atoms with E-state index >= 15 is 0 Å². The molecular weight excluding hydrogens is 228 g/mol. The summed E-state index contributed by atoms with van der Waals surface area (Å²) in [6.07, 6.45) is 6.78. The second-order valence-corrected chi connectivity index (χ2v) is 10.7. The van der Waals surface area contributed by atoms with E-state index in [-0.39, 0.29) is 11.6 Å². The van der Waals surface area contributed by atoms with Gasteiger partial charge in [0.05, 0.1) is 6.61 Å². The van der Waals surface area contributed by atoms with Crippen molar-refractivity contribution < 1.29 is 9.53 Å². The van der Waals surface area contributed by atoms with E-state index in [1.807, 2.05) is 13.0 Å². The van der Waals surface area contributed by atoms with E-state index < -0.39 is 8.32 Å². The summed E-state index contributed by atoms with van der Waals surface area (Å²) in [5.74, 6) is 0. The van der Waals surface area contributed by atoms with Crippen molar-refractivity contribution in [1.29, 1.82) is 0 Å². The monoisotopic (exact) mass is 256 g/mol. The summed E-state index contributed by atoms with van der Waals surface area (Å²) in [6.45, 7) is 14.2. The SMILES string of the molecule is CC(/C=C/CO)=C\CCO[Si](C)(C)C(C)(C)C. The Labute approximate surface area is 108 Å². The molecule has 0 spiro atoms. The van der Waals surface area contributed by atoms with E-state index in [2.05, 4.69) is 39.9 Å². The van der Waals surface area contributed by atoms with Crippen LogP contribution in [0.2, 0.25) is 18.1 Å². The molecule has 0 saturated heterocycles. The normalized spacial score (nSPS) is 14.6. The Morgan fingerprint density at radius 1 is 1.29 bits per heavy atom. The molecule has 0 aromatic heterocycles. The molecule has 0 aliphatic carbocycles. The van der Waals surface area contributed by atoms with Crippen LogP contribution in [-0.4, -0.2) is 26.6 Å². The lowest BCUT2D eigenvalue weighted by atomic mass is 10.2. The van der Waals surface area contributed by atoms with E-state index in [0.717, 1.165) is 13.0 Å². The summed E-state index contributed by atoms with van der Waals surface area (Å²) >= 11 is 0. The van der Waals surface area contributed by atoms with Crippen molar-refractivity contribution in [2.75, 3.05) is 13.2 Å². The first-order valence-electron chi connectivity index (χ1n) is 6.29. The molecule has 0 aliphatic heterocycles. The summed E-state index contributed by atoms with van der Waals surface area (Å²) in [4.78, 5) is 0. The van der Waals surface area contributed by atoms with Gasteiger partial charge in [0.15, 0.2) is 8.32 Å². The Morgan fingerprint density at radius 3 is 2.35 bits per heavy atom. The highest BCUT2D eigenvalue weighted by Gasteiger charge is 2.36. The van der Waals surface area contributed by atoms with Crippen LogP contribution in [0.4, 0.5) is 0 Å². The van der Waals surface area contributed by atoms with E-state index in [4.69, 9.17) is 9.53 Å². The van der Waals surface area contributed by atoms with Gasteiger partial charge in [-0.1, -0.05) is 44.6 Å². The molecular formula is C14H28O2Si. The molecule has 1 N–H and O–H groups in total. The molecule has 0 aromatic rings. The van der Waals surface area contributed by atoms with E-state index in [1.165, 1.54) is 5.57 Å². The van der Waals surface area contributed by atoms with Crippen molar-refractivity contribution in [1.82, 2.24) is 0 Å². The van der Waals surface area contributed by atoms with Crippen molar-refractivity contribution in [3.05, 3.63) is 23.8 Å². The van der Waals surface area contributed by atoms with Gasteiger partial charge in [-0.2, -0.15) is 0 Å². The van der Waals surface area contributed by atoms with Crippen molar-refractivity contribution in [2.45, 2.75) is 52.2 Å². The third-order valence-electron chi connectivity index (χ3n) is 3.34. The number of rotatable bonds is 6. The van der Waals surface area contributed by atoms with Crippen molar-refractivity contribution in [2.24, 2.45) is 0 Å². The average molecular weight is 256 g/mol. The predicted molar refractivity (Wildman–Crippen MR) is 77.7 cm³/mol. The van der Waals surface area contributed by atoms with Gasteiger partial charge in [-0.3, -0.25) is 0 Å². The maximum absolute atomic E-state index is 8.65. The molecule has 100 valence electrons. The predicted octanol–water partition coefficient (Wildman–Crippen LogP) is 3.89. The minimum atomic E-state index is -1.59. The molecule has 0 aliphatic rings. The highest BCUT2D eigenvalue weighted by Crippen LogP contribution is 2.36. The van der Waals surface area contributed by atoms with Crippen LogP contribution < -0.4 is 0 Å². The van der Waals surface area contributed by atoms with Crippen LogP contribution in [0.3, 0.4) is 0 Å². The fraction of sp³-hybridized carbons (Fsp3) is 0.714. The van der Waals surface area contributed by atoms with Gasteiger partial charge in [0.2, 0.25) is 0 Å². The highest BCUT2D eigenvalue weighted by molar-refractivity contribution is 6.74. The van der Waals surface area contributed by atoms with E-state index in [1.54, 1.807) is 6.08 Å². The quantitative estimate of drug-likeness (QED) is 0.444. The maximum Gasteiger partial charge on any atom is 0.191 e. The standard InChI is InChI=1S/C14H28O2Si/c1-13(9-7-11-15)10-8-12-16-17(5,6)14(2,3)4/h7,9-10,15H,8,11-12H2,1-6H3/b9-7+,13-10+. The molecule has 0 bridgehead atoms. The van der Waals surface area contributed by atoms with Crippen LogP contribution in [0.5, 0.6) is 0 Å². The lowest BCUT2D eigenvalue weighted by molar-refractivity contribution is 0.294. The van der Waals surface area contributed by atoms with Gasteiger partial charge in [0, 0.05) is 6.61 Å². The van der Waals surface area contributed by atoms with Crippen LogP contribution >= 0.6 is 0 Å². The Morgan fingerprint density at radius 2 is 1.88 bits per heavy atom. The highest BCUT2D eigenvalue weighted by atomic mass is 28.4. The zero-order valence-corrected chi connectivity index (χ0v) is 13.2. The number of aliphatic hydroxyl groups is 1. The summed E-state index contributed by atoms with van der Waals surface area (Å²) < 4.78 is 6.07. The Balaban J connectivity index is 4.05. The zero-order chi connectivity index (χ0) is 13.5. The van der Waals surface area contributed by atoms with Crippen LogP contribution in [0, 0.1) is 0 Å². The Kier molecular flexibility index (Phi) is 6.98. The molecule has 0 rings (SSSR count). The molecule has 0 radical (unpaired) electrons. The molecule has 0 aromatic carbocycles. The van der Waals surface area contributed by atoms with E-state index in [0.29, 0.717) is 0 Å². The summed E-state index contributed by atoms with van der Waals surface area (Å²) in [5, 5.41) is 8.93. The molecule has 0 amide bonds. The molecule has 0 unspecified atom stereocenters. The first-order valence-corrected chi connectivity index (χ1v) is 9.19. The first kappa shape index (κ1) is 16.6. The second-order valence-electron chi connectivity index (χ2n) is 5.93. The number of hydrogen-bond donors (Lipinski definition) is 1. The Bertz CT molecular complexity index is 272. The number of hydrogen-bond acceptors (Lipinski definition) is 2. The van der Waals surface area contributed by atoms with Gasteiger partial charge in [0.1, 0.15) is 0 Å². The largest absolute Gasteiger partial charge is 0.417 e. The Hall–Kier alpha value is -0.383. The number of aliphatic hydroxyl groups excluding tert-OH is 1. The van der Waals surface area contributed by atoms with Gasteiger partial charge in [-0.15, -0.1) is 0 Å². The lowest BCUT2D eigenvalue weighted by Crippen LogP contribution is -2.40. The van der Waals surface area contributed by atoms with Crippen molar-refractivity contribution in [3.63, 3.8) is 0 Å². The molecule has 17 heavy (non-hydrogen) atoms. The lowest BCUT2D eigenvalue weighted by Gasteiger charge is -2.36. The van der Waals surface area contributed by atoms with Crippen molar-refractivity contribution >= 4 is 8.32 Å². The van der Waals surface area contributed by atoms with Crippen molar-refractivity contribution in [3.8, 4) is 0 Å². The summed E-state index contributed by atoms with van der Waals surface area (Å²) in [7, 11) is -1.59. The van der Waals surface area contributed by atoms with Gasteiger partial charge in [-0.05, 0) is 31.5 Å².